The molecule has 2 aromatic carbocycles. The predicted molar refractivity (Wildman–Crippen MR) is 90.4 cm³/mol. The number of para-hydroxylation sites is 1. The average molecular weight is 308 g/mol. The maximum atomic E-state index is 12.7. The normalized spacial score (nSPS) is 11.6. The summed E-state index contributed by atoms with van der Waals surface area (Å²) in [7, 11) is 1.61. The molecule has 0 spiro atoms. The zero-order valence-corrected chi connectivity index (χ0v) is 13.5. The average Bonchev–Trinajstić information content (AvgIpc) is 2.56. The molecule has 0 saturated heterocycles. The van der Waals surface area contributed by atoms with Crippen molar-refractivity contribution in [3.8, 4) is 11.8 Å². The summed E-state index contributed by atoms with van der Waals surface area (Å²) in [6, 6.07) is 16.6. The van der Waals surface area contributed by atoms with Crippen molar-refractivity contribution in [3.05, 3.63) is 59.7 Å². The van der Waals surface area contributed by atoms with Crippen molar-refractivity contribution < 1.29 is 9.53 Å². The van der Waals surface area contributed by atoms with E-state index in [-0.39, 0.29) is 17.7 Å². The molecule has 0 fully saturated rings. The molecule has 0 aliphatic carbocycles. The van der Waals surface area contributed by atoms with E-state index in [9.17, 15) is 4.79 Å². The zero-order chi connectivity index (χ0) is 16.8. The van der Waals surface area contributed by atoms with Crippen LogP contribution in [-0.4, -0.2) is 13.0 Å². The molecular weight excluding hydrogens is 288 g/mol. The van der Waals surface area contributed by atoms with E-state index in [0.29, 0.717) is 11.3 Å². The minimum Gasteiger partial charge on any atom is -0.497 e. The van der Waals surface area contributed by atoms with Crippen LogP contribution in [0.4, 0.5) is 5.69 Å². The monoisotopic (exact) mass is 308 g/mol. The lowest BCUT2D eigenvalue weighted by molar-refractivity contribution is -0.118. The first kappa shape index (κ1) is 16.6. The number of carbonyl (C=O) groups excluding carboxylic acids is 1. The van der Waals surface area contributed by atoms with Gasteiger partial charge in [-0.1, -0.05) is 38.1 Å². The molecule has 0 aliphatic rings. The van der Waals surface area contributed by atoms with Crippen molar-refractivity contribution in [3.63, 3.8) is 0 Å². The molecular formula is C19H20N2O2. The maximum absolute atomic E-state index is 12.7. The molecule has 0 heterocycles. The Kier molecular flexibility index (Phi) is 5.37. The molecule has 0 aliphatic heterocycles. The lowest BCUT2D eigenvalue weighted by Gasteiger charge is -2.21. The molecule has 4 heteroatoms. The molecule has 1 unspecified atom stereocenters. The summed E-state index contributed by atoms with van der Waals surface area (Å²) in [5, 5.41) is 12.0. The van der Waals surface area contributed by atoms with Crippen LogP contribution in [0.5, 0.6) is 5.75 Å². The fourth-order valence-corrected chi connectivity index (χ4v) is 2.55. The lowest BCUT2D eigenvalue weighted by atomic mass is 9.87. The number of nitrogens with one attached hydrogen (secondary N) is 1. The Morgan fingerprint density at radius 2 is 1.78 bits per heavy atom. The highest BCUT2D eigenvalue weighted by Gasteiger charge is 2.24. The molecule has 1 N–H and O–H groups in total. The van der Waals surface area contributed by atoms with Gasteiger partial charge in [-0.3, -0.25) is 4.79 Å². The highest BCUT2D eigenvalue weighted by Crippen LogP contribution is 2.28. The number of nitriles is 1. The Morgan fingerprint density at radius 3 is 2.35 bits per heavy atom. The fourth-order valence-electron chi connectivity index (χ4n) is 2.55. The molecule has 1 amide bonds. The van der Waals surface area contributed by atoms with Crippen LogP contribution in [0.2, 0.25) is 0 Å². The summed E-state index contributed by atoms with van der Waals surface area (Å²) >= 11 is 0. The molecule has 23 heavy (non-hydrogen) atoms. The molecule has 4 nitrogen and oxygen atoms in total. The third-order valence-electron chi connectivity index (χ3n) is 3.73. The van der Waals surface area contributed by atoms with E-state index in [4.69, 9.17) is 10.00 Å². The van der Waals surface area contributed by atoms with Gasteiger partial charge in [-0.15, -0.1) is 0 Å². The molecule has 0 saturated carbocycles. The van der Waals surface area contributed by atoms with Crippen LogP contribution in [0.15, 0.2) is 48.5 Å². The van der Waals surface area contributed by atoms with Crippen LogP contribution in [0, 0.1) is 17.2 Å². The molecule has 0 aromatic heterocycles. The third-order valence-corrected chi connectivity index (χ3v) is 3.73. The van der Waals surface area contributed by atoms with E-state index in [1.807, 2.05) is 38.1 Å². The smallest absolute Gasteiger partial charge is 0.232 e. The molecule has 118 valence electrons. The topological polar surface area (TPSA) is 62.1 Å². The Morgan fingerprint density at radius 1 is 1.13 bits per heavy atom. The fraction of sp³-hybridized carbons (Fsp3) is 0.263. The first-order valence-corrected chi connectivity index (χ1v) is 7.50. The van der Waals surface area contributed by atoms with E-state index in [1.54, 1.807) is 31.4 Å². The third kappa shape index (κ3) is 3.89. The number of hydrogen-bond acceptors (Lipinski definition) is 3. The minimum atomic E-state index is -0.298. The summed E-state index contributed by atoms with van der Waals surface area (Å²) in [6.45, 7) is 4.01. The summed E-state index contributed by atoms with van der Waals surface area (Å²) in [5.41, 5.74) is 1.92. The van der Waals surface area contributed by atoms with Crippen molar-refractivity contribution >= 4 is 11.6 Å². The number of ether oxygens (including phenoxy) is 1. The second-order valence-electron chi connectivity index (χ2n) is 5.64. The minimum absolute atomic E-state index is 0.118. The molecule has 2 rings (SSSR count). The van der Waals surface area contributed by atoms with Gasteiger partial charge in [0.2, 0.25) is 5.91 Å². The summed E-state index contributed by atoms with van der Waals surface area (Å²) in [6.07, 6.45) is 0. The first-order chi connectivity index (χ1) is 11.1. The van der Waals surface area contributed by atoms with Crippen LogP contribution in [0.3, 0.4) is 0 Å². The highest BCUT2D eigenvalue weighted by atomic mass is 16.5. The molecule has 1 atom stereocenters. The van der Waals surface area contributed by atoms with Gasteiger partial charge in [0.05, 0.1) is 24.3 Å². The van der Waals surface area contributed by atoms with Crippen LogP contribution in [0.1, 0.15) is 30.9 Å². The van der Waals surface area contributed by atoms with Crippen molar-refractivity contribution in [2.24, 2.45) is 5.92 Å². The summed E-state index contributed by atoms with van der Waals surface area (Å²) in [4.78, 5) is 12.7. The summed E-state index contributed by atoms with van der Waals surface area (Å²) < 4.78 is 5.16. The van der Waals surface area contributed by atoms with E-state index < -0.39 is 0 Å². The zero-order valence-electron chi connectivity index (χ0n) is 13.5. The van der Waals surface area contributed by atoms with E-state index in [2.05, 4.69) is 11.4 Å². The van der Waals surface area contributed by atoms with Gasteiger partial charge in [0.1, 0.15) is 11.8 Å². The Labute approximate surface area is 136 Å². The quantitative estimate of drug-likeness (QED) is 0.910. The van der Waals surface area contributed by atoms with Crippen LogP contribution >= 0.6 is 0 Å². The number of nitrogens with zero attached hydrogens (tertiary/aromatic N) is 1. The maximum Gasteiger partial charge on any atom is 0.232 e. The Bertz CT molecular complexity index is 715. The Balaban J connectivity index is 2.26. The number of rotatable bonds is 5. The van der Waals surface area contributed by atoms with Gasteiger partial charge >= 0.3 is 0 Å². The van der Waals surface area contributed by atoms with Gasteiger partial charge in [0.15, 0.2) is 0 Å². The number of benzene rings is 2. The standard InChI is InChI=1S/C19H20N2O2/c1-13(2)18(14-8-10-16(23-3)11-9-14)19(22)21-17-7-5-4-6-15(17)12-20/h4-11,13,18H,1-3H3,(H,21,22). The number of amides is 1. The van der Waals surface area contributed by atoms with E-state index >= 15 is 0 Å². The number of carbonyl (C=O) groups is 1. The van der Waals surface area contributed by atoms with Crippen molar-refractivity contribution in [1.82, 2.24) is 0 Å². The van der Waals surface area contributed by atoms with Gasteiger partial charge in [0, 0.05) is 0 Å². The lowest BCUT2D eigenvalue weighted by Crippen LogP contribution is -2.25. The van der Waals surface area contributed by atoms with Crippen LogP contribution in [-0.2, 0) is 4.79 Å². The van der Waals surface area contributed by atoms with E-state index in [1.165, 1.54) is 0 Å². The second-order valence-corrected chi connectivity index (χ2v) is 5.64. The van der Waals surface area contributed by atoms with Crippen LogP contribution in [0.25, 0.3) is 0 Å². The largest absolute Gasteiger partial charge is 0.497 e. The molecule has 0 bridgehead atoms. The second kappa shape index (κ2) is 7.46. The SMILES string of the molecule is COc1ccc(C(C(=O)Nc2ccccc2C#N)C(C)C)cc1. The molecule has 0 radical (unpaired) electrons. The van der Waals surface area contributed by atoms with Gasteiger partial charge in [0.25, 0.3) is 0 Å². The van der Waals surface area contributed by atoms with Gasteiger partial charge in [-0.25, -0.2) is 0 Å². The Hall–Kier alpha value is -2.80. The highest BCUT2D eigenvalue weighted by molar-refractivity contribution is 5.97. The van der Waals surface area contributed by atoms with E-state index in [0.717, 1.165) is 11.3 Å². The van der Waals surface area contributed by atoms with Crippen LogP contribution < -0.4 is 10.1 Å². The van der Waals surface area contributed by atoms with Crippen molar-refractivity contribution in [2.45, 2.75) is 19.8 Å². The van der Waals surface area contributed by atoms with Gasteiger partial charge in [-0.05, 0) is 35.7 Å². The van der Waals surface area contributed by atoms with Crippen molar-refractivity contribution in [1.29, 1.82) is 5.26 Å². The number of hydrogen-bond donors (Lipinski definition) is 1. The van der Waals surface area contributed by atoms with Crippen molar-refractivity contribution in [2.75, 3.05) is 12.4 Å². The first-order valence-electron chi connectivity index (χ1n) is 7.50. The number of anilines is 1. The summed E-state index contributed by atoms with van der Waals surface area (Å²) in [5.74, 6) is 0.463. The number of methoxy groups -OCH3 is 1. The molecule has 2 aromatic rings. The van der Waals surface area contributed by atoms with Gasteiger partial charge in [-0.2, -0.15) is 5.26 Å². The van der Waals surface area contributed by atoms with Gasteiger partial charge < -0.3 is 10.1 Å². The predicted octanol–water partition coefficient (Wildman–Crippen LogP) is 3.95.